The number of nitrogens with zero attached hydrogens (tertiary/aromatic N) is 1. The number of carbonyl (C=O) groups excluding carboxylic acids is 1. The molecule has 108 valence electrons. The highest BCUT2D eigenvalue weighted by Gasteiger charge is 2.18. The molecule has 0 aromatic heterocycles. The molecular weight excluding hydrogens is 362 g/mol. The third-order valence-electron chi connectivity index (χ3n) is 2.67. The zero-order chi connectivity index (χ0) is 15.6. The van der Waals surface area contributed by atoms with Crippen LogP contribution in [0.4, 0.5) is 5.69 Å². The molecule has 0 saturated heterocycles. The maximum Gasteiger partial charge on any atom is 0.343 e. The molecule has 0 aliphatic carbocycles. The van der Waals surface area contributed by atoms with Gasteiger partial charge in [-0.3, -0.25) is 10.1 Å². The van der Waals surface area contributed by atoms with Crippen molar-refractivity contribution in [1.29, 1.82) is 0 Å². The second kappa shape index (κ2) is 6.24. The number of aryl methyl sites for hydroxylation is 1. The van der Waals surface area contributed by atoms with Crippen LogP contribution in [-0.4, -0.2) is 10.9 Å². The Hall–Kier alpha value is -1.92. The van der Waals surface area contributed by atoms with Crippen molar-refractivity contribution in [3.05, 3.63) is 67.1 Å². The Labute approximate surface area is 133 Å². The van der Waals surface area contributed by atoms with Gasteiger partial charge in [0.25, 0.3) is 5.69 Å². The number of esters is 1. The first-order valence-corrected chi connectivity index (χ1v) is 6.98. The molecule has 7 heteroatoms. The molecule has 0 radical (unpaired) electrons. The average molecular weight is 371 g/mol. The lowest BCUT2D eigenvalue weighted by molar-refractivity contribution is -0.384. The predicted octanol–water partition coefficient (Wildman–Crippen LogP) is 4.54. The summed E-state index contributed by atoms with van der Waals surface area (Å²) in [4.78, 5) is 22.2. The van der Waals surface area contributed by atoms with E-state index in [-0.39, 0.29) is 16.3 Å². The summed E-state index contributed by atoms with van der Waals surface area (Å²) < 4.78 is 5.83. The first-order chi connectivity index (χ1) is 9.88. The Bertz CT molecular complexity index is 733. The molecule has 0 aliphatic heterocycles. The minimum atomic E-state index is -0.695. The van der Waals surface area contributed by atoms with Gasteiger partial charge in [-0.2, -0.15) is 0 Å². The van der Waals surface area contributed by atoms with Gasteiger partial charge < -0.3 is 4.74 Å². The number of rotatable bonds is 3. The van der Waals surface area contributed by atoms with Crippen LogP contribution in [0.2, 0.25) is 5.02 Å². The lowest BCUT2D eigenvalue weighted by Gasteiger charge is -2.07. The van der Waals surface area contributed by atoms with E-state index in [1.54, 1.807) is 18.2 Å². The van der Waals surface area contributed by atoms with E-state index >= 15 is 0 Å². The monoisotopic (exact) mass is 369 g/mol. The van der Waals surface area contributed by atoms with Crippen LogP contribution in [0.15, 0.2) is 40.9 Å². The van der Waals surface area contributed by atoms with Gasteiger partial charge in [0, 0.05) is 6.07 Å². The van der Waals surface area contributed by atoms with E-state index < -0.39 is 10.9 Å². The van der Waals surface area contributed by atoms with Crippen molar-refractivity contribution in [3.8, 4) is 5.75 Å². The summed E-state index contributed by atoms with van der Waals surface area (Å²) in [5.74, 6) is -0.359. The van der Waals surface area contributed by atoms with Gasteiger partial charge in [-0.1, -0.05) is 17.7 Å². The van der Waals surface area contributed by atoms with Crippen LogP contribution in [0.1, 0.15) is 15.9 Å². The van der Waals surface area contributed by atoms with Crippen LogP contribution in [0.25, 0.3) is 0 Å². The Morgan fingerprint density at radius 3 is 2.62 bits per heavy atom. The molecule has 0 atom stereocenters. The molecule has 0 fully saturated rings. The molecular formula is C14H9BrClNO4. The molecule has 0 bridgehead atoms. The second-order valence-corrected chi connectivity index (χ2v) is 5.51. The summed E-state index contributed by atoms with van der Waals surface area (Å²) in [6.07, 6.45) is 0. The Morgan fingerprint density at radius 2 is 2.00 bits per heavy atom. The van der Waals surface area contributed by atoms with Crippen LogP contribution in [0.5, 0.6) is 5.75 Å². The van der Waals surface area contributed by atoms with E-state index in [1.807, 2.05) is 6.92 Å². The summed E-state index contributed by atoms with van der Waals surface area (Å²) in [5.41, 5.74) is 0.719. The lowest BCUT2D eigenvalue weighted by Crippen LogP contribution is -2.09. The number of halogens is 2. The fourth-order valence-corrected chi connectivity index (χ4v) is 2.39. The van der Waals surface area contributed by atoms with Gasteiger partial charge in [-0.25, -0.2) is 4.79 Å². The van der Waals surface area contributed by atoms with Crippen LogP contribution in [-0.2, 0) is 0 Å². The van der Waals surface area contributed by atoms with E-state index in [0.717, 1.165) is 11.6 Å². The molecule has 2 rings (SSSR count). The van der Waals surface area contributed by atoms with E-state index in [1.165, 1.54) is 12.1 Å². The molecule has 0 saturated carbocycles. The van der Waals surface area contributed by atoms with Crippen LogP contribution in [0.3, 0.4) is 0 Å². The number of hydrogen-bond acceptors (Lipinski definition) is 4. The SMILES string of the molecule is Cc1ccc(OC(=O)c2ccc(Cl)c([N+](=O)[O-])c2)c(Br)c1. The van der Waals surface area contributed by atoms with Crippen molar-refractivity contribution in [2.45, 2.75) is 6.92 Å². The van der Waals surface area contributed by atoms with Crippen molar-refractivity contribution in [2.24, 2.45) is 0 Å². The summed E-state index contributed by atoms with van der Waals surface area (Å²) in [6, 6.07) is 8.99. The largest absolute Gasteiger partial charge is 0.422 e. The van der Waals surface area contributed by atoms with Crippen LogP contribution < -0.4 is 4.74 Å². The Morgan fingerprint density at radius 1 is 1.29 bits per heavy atom. The third-order valence-corrected chi connectivity index (χ3v) is 3.61. The van der Waals surface area contributed by atoms with Crippen LogP contribution >= 0.6 is 27.5 Å². The molecule has 0 heterocycles. The Kier molecular flexibility index (Phi) is 4.59. The topological polar surface area (TPSA) is 69.4 Å². The summed E-state index contributed by atoms with van der Waals surface area (Å²) in [6.45, 7) is 1.90. The summed E-state index contributed by atoms with van der Waals surface area (Å²) in [7, 11) is 0. The summed E-state index contributed by atoms with van der Waals surface area (Å²) in [5, 5.41) is 10.8. The van der Waals surface area contributed by atoms with Gasteiger partial charge >= 0.3 is 5.97 Å². The molecule has 0 amide bonds. The lowest BCUT2D eigenvalue weighted by atomic mass is 10.2. The highest BCUT2D eigenvalue weighted by atomic mass is 79.9. The molecule has 0 unspecified atom stereocenters. The first kappa shape index (κ1) is 15.5. The van der Waals surface area contributed by atoms with Crippen molar-refractivity contribution >= 4 is 39.2 Å². The van der Waals surface area contributed by atoms with E-state index in [2.05, 4.69) is 15.9 Å². The molecule has 21 heavy (non-hydrogen) atoms. The number of hydrogen-bond donors (Lipinski definition) is 0. The number of nitro benzene ring substituents is 1. The van der Waals surface area contributed by atoms with Gasteiger partial charge in [-0.15, -0.1) is 0 Å². The fourth-order valence-electron chi connectivity index (χ4n) is 1.63. The second-order valence-electron chi connectivity index (χ2n) is 4.25. The smallest absolute Gasteiger partial charge is 0.343 e. The molecule has 0 aliphatic rings. The average Bonchev–Trinajstić information content (AvgIpc) is 2.42. The fraction of sp³-hybridized carbons (Fsp3) is 0.0714. The zero-order valence-electron chi connectivity index (χ0n) is 10.8. The standard InChI is InChI=1S/C14H9BrClNO4/c1-8-2-5-13(10(15)6-8)21-14(18)9-3-4-11(16)12(7-9)17(19)20/h2-7H,1H3. The van der Waals surface area contributed by atoms with Crippen LogP contribution in [0, 0.1) is 17.0 Å². The van der Waals surface area contributed by atoms with Crippen molar-refractivity contribution in [2.75, 3.05) is 0 Å². The normalized spacial score (nSPS) is 10.2. The molecule has 2 aromatic carbocycles. The number of benzene rings is 2. The number of ether oxygens (including phenoxy) is 1. The quantitative estimate of drug-likeness (QED) is 0.344. The number of carbonyl (C=O) groups is 1. The van der Waals surface area contributed by atoms with Crippen molar-refractivity contribution in [3.63, 3.8) is 0 Å². The van der Waals surface area contributed by atoms with Gasteiger partial charge in [0.2, 0.25) is 0 Å². The van der Waals surface area contributed by atoms with E-state index in [4.69, 9.17) is 16.3 Å². The maximum atomic E-state index is 12.0. The molecule has 5 nitrogen and oxygen atoms in total. The third kappa shape index (κ3) is 3.59. The highest BCUT2D eigenvalue weighted by molar-refractivity contribution is 9.10. The van der Waals surface area contributed by atoms with Gasteiger partial charge in [0.15, 0.2) is 0 Å². The molecule has 2 aromatic rings. The Balaban J connectivity index is 2.28. The predicted molar refractivity (Wildman–Crippen MR) is 81.9 cm³/mol. The minimum Gasteiger partial charge on any atom is -0.422 e. The van der Waals surface area contributed by atoms with E-state index in [9.17, 15) is 14.9 Å². The van der Waals surface area contributed by atoms with Crippen molar-refractivity contribution < 1.29 is 14.5 Å². The molecule has 0 N–H and O–H groups in total. The van der Waals surface area contributed by atoms with E-state index in [0.29, 0.717) is 10.2 Å². The van der Waals surface area contributed by atoms with Gasteiger partial charge in [0.05, 0.1) is 15.0 Å². The number of nitro groups is 1. The minimum absolute atomic E-state index is 0.0342. The van der Waals surface area contributed by atoms with Crippen molar-refractivity contribution in [1.82, 2.24) is 0 Å². The summed E-state index contributed by atoms with van der Waals surface area (Å²) >= 11 is 8.99. The zero-order valence-corrected chi connectivity index (χ0v) is 13.1. The van der Waals surface area contributed by atoms with Gasteiger partial charge in [-0.05, 0) is 52.7 Å². The van der Waals surface area contributed by atoms with Gasteiger partial charge in [0.1, 0.15) is 10.8 Å². The first-order valence-electron chi connectivity index (χ1n) is 5.81. The maximum absolute atomic E-state index is 12.0. The molecule has 0 spiro atoms. The highest BCUT2D eigenvalue weighted by Crippen LogP contribution is 2.28.